The number of primary amides is 1. The van der Waals surface area contributed by atoms with Crippen molar-refractivity contribution in [1.82, 2.24) is 4.98 Å². The largest absolute Gasteiger partial charge is 0.364 e. The molecule has 0 bridgehead atoms. The second-order valence-corrected chi connectivity index (χ2v) is 5.89. The molecule has 0 saturated heterocycles. The summed E-state index contributed by atoms with van der Waals surface area (Å²) in [7, 11) is 0. The van der Waals surface area contributed by atoms with Gasteiger partial charge < -0.3 is 11.5 Å². The SMILES string of the molecule is NC(=O)c1nc(C2CC(N)C2)c(-c2ccccc2)s1. The van der Waals surface area contributed by atoms with Gasteiger partial charge in [0.25, 0.3) is 5.91 Å². The summed E-state index contributed by atoms with van der Waals surface area (Å²) in [6, 6.07) is 10.2. The molecular formula is C14H15N3OS. The van der Waals surface area contributed by atoms with E-state index in [-0.39, 0.29) is 6.04 Å². The van der Waals surface area contributed by atoms with Gasteiger partial charge in [-0.1, -0.05) is 30.3 Å². The zero-order chi connectivity index (χ0) is 13.4. The smallest absolute Gasteiger partial charge is 0.277 e. The van der Waals surface area contributed by atoms with Gasteiger partial charge >= 0.3 is 0 Å². The van der Waals surface area contributed by atoms with Crippen molar-refractivity contribution >= 4 is 17.2 Å². The van der Waals surface area contributed by atoms with E-state index in [4.69, 9.17) is 11.5 Å². The number of carbonyl (C=O) groups is 1. The molecule has 0 radical (unpaired) electrons. The zero-order valence-corrected chi connectivity index (χ0v) is 11.2. The lowest BCUT2D eigenvalue weighted by atomic mass is 9.78. The van der Waals surface area contributed by atoms with Crippen molar-refractivity contribution in [3.05, 3.63) is 41.0 Å². The summed E-state index contributed by atoms with van der Waals surface area (Å²) in [4.78, 5) is 16.8. The molecule has 1 aliphatic carbocycles. The van der Waals surface area contributed by atoms with Crippen LogP contribution >= 0.6 is 11.3 Å². The van der Waals surface area contributed by atoms with Crippen molar-refractivity contribution in [3.63, 3.8) is 0 Å². The molecule has 0 atom stereocenters. The number of nitrogens with zero attached hydrogens (tertiary/aromatic N) is 1. The van der Waals surface area contributed by atoms with Gasteiger partial charge in [0.05, 0.1) is 10.6 Å². The fourth-order valence-corrected chi connectivity index (χ4v) is 3.40. The number of hydrogen-bond acceptors (Lipinski definition) is 4. The predicted octanol–water partition coefficient (Wildman–Crippen LogP) is 2.11. The number of amides is 1. The van der Waals surface area contributed by atoms with Gasteiger partial charge in [0.15, 0.2) is 5.01 Å². The van der Waals surface area contributed by atoms with Gasteiger partial charge in [-0.3, -0.25) is 4.79 Å². The molecule has 0 spiro atoms. The maximum Gasteiger partial charge on any atom is 0.277 e. The zero-order valence-electron chi connectivity index (χ0n) is 10.4. The number of thiazole rings is 1. The molecule has 98 valence electrons. The van der Waals surface area contributed by atoms with Gasteiger partial charge in [0.2, 0.25) is 0 Å². The van der Waals surface area contributed by atoms with Crippen LogP contribution in [0.2, 0.25) is 0 Å². The molecular weight excluding hydrogens is 258 g/mol. The molecule has 19 heavy (non-hydrogen) atoms. The van der Waals surface area contributed by atoms with Crippen LogP contribution < -0.4 is 11.5 Å². The maximum atomic E-state index is 11.3. The molecule has 1 aromatic carbocycles. The normalized spacial score (nSPS) is 21.9. The Morgan fingerprint density at radius 2 is 1.95 bits per heavy atom. The van der Waals surface area contributed by atoms with E-state index in [1.54, 1.807) is 0 Å². The standard InChI is InChI=1S/C14H15N3OS/c15-10-6-9(7-10)11-12(8-4-2-1-3-5-8)19-14(17-11)13(16)18/h1-5,9-10H,6-7,15H2,(H2,16,18). The fraction of sp³-hybridized carbons (Fsp3) is 0.286. The minimum Gasteiger partial charge on any atom is -0.364 e. The van der Waals surface area contributed by atoms with Gasteiger partial charge in [-0.05, 0) is 18.4 Å². The molecule has 5 heteroatoms. The topological polar surface area (TPSA) is 82.0 Å². The fourth-order valence-electron chi connectivity index (χ4n) is 2.40. The molecule has 0 unspecified atom stereocenters. The van der Waals surface area contributed by atoms with Crippen LogP contribution in [-0.4, -0.2) is 16.9 Å². The summed E-state index contributed by atoms with van der Waals surface area (Å²) in [5, 5.41) is 0.384. The second-order valence-electron chi connectivity index (χ2n) is 4.89. The van der Waals surface area contributed by atoms with Crippen LogP contribution in [0, 0.1) is 0 Å². The van der Waals surface area contributed by atoms with E-state index in [0.717, 1.165) is 29.0 Å². The number of hydrogen-bond donors (Lipinski definition) is 2. The lowest BCUT2D eigenvalue weighted by Crippen LogP contribution is -2.35. The van der Waals surface area contributed by atoms with E-state index >= 15 is 0 Å². The first-order valence-electron chi connectivity index (χ1n) is 6.26. The van der Waals surface area contributed by atoms with Gasteiger partial charge in [0, 0.05) is 12.0 Å². The van der Waals surface area contributed by atoms with Crippen LogP contribution in [0.25, 0.3) is 10.4 Å². The molecule has 2 aromatic rings. The number of nitrogens with two attached hydrogens (primary N) is 2. The van der Waals surface area contributed by atoms with Crippen molar-refractivity contribution in [2.24, 2.45) is 11.5 Å². The maximum absolute atomic E-state index is 11.3. The third kappa shape index (κ3) is 2.27. The summed E-state index contributed by atoms with van der Waals surface area (Å²) in [6.07, 6.45) is 1.86. The van der Waals surface area contributed by atoms with E-state index in [2.05, 4.69) is 4.98 Å². The van der Waals surface area contributed by atoms with Crippen LogP contribution in [0.1, 0.15) is 34.3 Å². The average molecular weight is 273 g/mol. The van der Waals surface area contributed by atoms with Gasteiger partial charge in [-0.15, -0.1) is 11.3 Å². The van der Waals surface area contributed by atoms with E-state index < -0.39 is 5.91 Å². The van der Waals surface area contributed by atoms with Crippen molar-refractivity contribution in [2.75, 3.05) is 0 Å². The summed E-state index contributed by atoms with van der Waals surface area (Å²) in [5.74, 6) is -0.105. The molecule has 1 aromatic heterocycles. The summed E-state index contributed by atoms with van der Waals surface area (Å²) in [6.45, 7) is 0. The highest BCUT2D eigenvalue weighted by molar-refractivity contribution is 7.17. The summed E-state index contributed by atoms with van der Waals surface area (Å²) < 4.78 is 0. The van der Waals surface area contributed by atoms with Crippen molar-refractivity contribution in [3.8, 4) is 10.4 Å². The third-order valence-corrected chi connectivity index (χ3v) is 4.60. The number of benzene rings is 1. The van der Waals surface area contributed by atoms with Crippen molar-refractivity contribution in [1.29, 1.82) is 0 Å². The molecule has 1 heterocycles. The molecule has 4 nitrogen and oxygen atoms in total. The van der Waals surface area contributed by atoms with E-state index in [9.17, 15) is 4.79 Å². The van der Waals surface area contributed by atoms with Gasteiger partial charge in [0.1, 0.15) is 0 Å². The second kappa shape index (κ2) is 4.75. The predicted molar refractivity (Wildman–Crippen MR) is 76.0 cm³/mol. The number of rotatable bonds is 3. The first-order valence-corrected chi connectivity index (χ1v) is 7.08. The Kier molecular flexibility index (Phi) is 3.08. The van der Waals surface area contributed by atoms with Crippen LogP contribution in [0.5, 0.6) is 0 Å². The molecule has 1 saturated carbocycles. The monoisotopic (exact) mass is 273 g/mol. The summed E-state index contributed by atoms with van der Waals surface area (Å²) in [5.41, 5.74) is 13.3. The van der Waals surface area contributed by atoms with Crippen molar-refractivity contribution in [2.45, 2.75) is 24.8 Å². The van der Waals surface area contributed by atoms with Crippen LogP contribution in [0.15, 0.2) is 30.3 Å². The highest BCUT2D eigenvalue weighted by Crippen LogP contribution is 2.42. The Morgan fingerprint density at radius 3 is 2.53 bits per heavy atom. The molecule has 1 fully saturated rings. The first-order chi connectivity index (χ1) is 9.15. The van der Waals surface area contributed by atoms with Crippen LogP contribution in [0.3, 0.4) is 0 Å². The molecule has 1 amide bonds. The minimum absolute atomic E-state index is 0.257. The Bertz CT molecular complexity index is 602. The van der Waals surface area contributed by atoms with Crippen LogP contribution in [-0.2, 0) is 0 Å². The highest BCUT2D eigenvalue weighted by atomic mass is 32.1. The quantitative estimate of drug-likeness (QED) is 0.898. The Morgan fingerprint density at radius 1 is 1.26 bits per heavy atom. The molecule has 4 N–H and O–H groups in total. The van der Waals surface area contributed by atoms with E-state index in [1.807, 2.05) is 30.3 Å². The lowest BCUT2D eigenvalue weighted by Gasteiger charge is -2.31. The van der Waals surface area contributed by atoms with E-state index in [1.165, 1.54) is 11.3 Å². The Hall–Kier alpha value is -1.72. The van der Waals surface area contributed by atoms with E-state index in [0.29, 0.717) is 10.9 Å². The average Bonchev–Trinajstić information content (AvgIpc) is 2.81. The molecule has 1 aliphatic rings. The lowest BCUT2D eigenvalue weighted by molar-refractivity contribution is 0.0999. The van der Waals surface area contributed by atoms with Gasteiger partial charge in [-0.2, -0.15) is 0 Å². The minimum atomic E-state index is -0.461. The van der Waals surface area contributed by atoms with Crippen molar-refractivity contribution < 1.29 is 4.79 Å². The number of carbonyl (C=O) groups excluding carboxylic acids is 1. The molecule has 0 aliphatic heterocycles. The Balaban J connectivity index is 2.04. The third-order valence-electron chi connectivity index (χ3n) is 3.46. The first kappa shape index (κ1) is 12.3. The van der Waals surface area contributed by atoms with Gasteiger partial charge in [-0.25, -0.2) is 4.98 Å². The Labute approximate surface area is 115 Å². The molecule has 3 rings (SSSR count). The highest BCUT2D eigenvalue weighted by Gasteiger charge is 2.32. The summed E-state index contributed by atoms with van der Waals surface area (Å²) >= 11 is 1.37. The van der Waals surface area contributed by atoms with Crippen LogP contribution in [0.4, 0.5) is 0 Å². The number of aromatic nitrogens is 1.